The number of aliphatic hydroxyl groups is 1. The maximum Gasteiger partial charge on any atom is 0.174 e. The molecule has 0 bridgehead atoms. The summed E-state index contributed by atoms with van der Waals surface area (Å²) in [5.41, 5.74) is 2.64. The van der Waals surface area contributed by atoms with Gasteiger partial charge in [0.1, 0.15) is 11.8 Å². The zero-order valence-corrected chi connectivity index (χ0v) is 20.1. The van der Waals surface area contributed by atoms with Crippen LogP contribution in [0.2, 0.25) is 0 Å². The highest BCUT2D eigenvalue weighted by Crippen LogP contribution is 2.48. The van der Waals surface area contributed by atoms with Gasteiger partial charge in [-0.1, -0.05) is 85.3 Å². The van der Waals surface area contributed by atoms with E-state index in [2.05, 4.69) is 19.1 Å². The van der Waals surface area contributed by atoms with Crippen LogP contribution in [0, 0.1) is 29.1 Å². The second-order valence-corrected chi connectivity index (χ2v) is 8.20. The van der Waals surface area contributed by atoms with Crippen molar-refractivity contribution in [1.82, 2.24) is 0 Å². The number of ether oxygens (including phenoxy) is 1. The normalized spacial score (nSPS) is 23.6. The first-order valence-corrected chi connectivity index (χ1v) is 12.5. The van der Waals surface area contributed by atoms with Gasteiger partial charge < -0.3 is 9.84 Å². The number of aliphatic hydroxyl groups excluding tert-OH is 1. The van der Waals surface area contributed by atoms with E-state index in [4.69, 9.17) is 10.00 Å². The summed E-state index contributed by atoms with van der Waals surface area (Å²) in [5.74, 6) is 2.51. The molecule has 0 radical (unpaired) electrons. The minimum absolute atomic E-state index is 0.105. The van der Waals surface area contributed by atoms with Crippen LogP contribution in [-0.2, 0) is 12.8 Å². The molecule has 2 aliphatic rings. The lowest BCUT2D eigenvalue weighted by Crippen LogP contribution is -2.27. The lowest BCUT2D eigenvalue weighted by molar-refractivity contribution is 0.109. The van der Waals surface area contributed by atoms with Crippen molar-refractivity contribution in [2.24, 2.45) is 17.8 Å². The summed E-state index contributed by atoms with van der Waals surface area (Å²) in [6, 6.07) is 8.29. The first kappa shape index (κ1) is 26.5. The van der Waals surface area contributed by atoms with Crippen molar-refractivity contribution < 1.29 is 9.84 Å². The van der Waals surface area contributed by atoms with Gasteiger partial charge in [0.2, 0.25) is 0 Å². The van der Waals surface area contributed by atoms with Gasteiger partial charge in [-0.3, -0.25) is 0 Å². The highest BCUT2D eigenvalue weighted by molar-refractivity contribution is 5.43. The smallest absolute Gasteiger partial charge is 0.174 e. The van der Waals surface area contributed by atoms with Crippen LogP contribution in [0.15, 0.2) is 18.2 Å². The molecule has 0 heterocycles. The summed E-state index contributed by atoms with van der Waals surface area (Å²) >= 11 is 0. The van der Waals surface area contributed by atoms with E-state index < -0.39 is 0 Å². The fourth-order valence-corrected chi connectivity index (χ4v) is 5.21. The van der Waals surface area contributed by atoms with Crippen molar-refractivity contribution in [2.45, 2.75) is 105 Å². The van der Waals surface area contributed by atoms with Crippen molar-refractivity contribution in [3.05, 3.63) is 29.3 Å². The monoisotopic (exact) mass is 415 g/mol. The highest BCUT2D eigenvalue weighted by Gasteiger charge is 2.44. The second kappa shape index (κ2) is 15.3. The Labute approximate surface area is 185 Å². The molecule has 1 fully saturated rings. The summed E-state index contributed by atoms with van der Waals surface area (Å²) < 4.78 is 5.64. The third-order valence-electron chi connectivity index (χ3n) is 6.53. The van der Waals surface area contributed by atoms with Gasteiger partial charge in [0.05, 0.1) is 6.10 Å². The molecule has 1 unspecified atom stereocenters. The van der Waals surface area contributed by atoms with Crippen LogP contribution >= 0.6 is 0 Å². The van der Waals surface area contributed by atoms with E-state index in [1.54, 1.807) is 0 Å². The van der Waals surface area contributed by atoms with Crippen LogP contribution in [0.5, 0.6) is 5.75 Å². The van der Waals surface area contributed by atoms with E-state index in [0.29, 0.717) is 17.8 Å². The van der Waals surface area contributed by atoms with E-state index in [1.807, 2.05) is 39.8 Å². The molecule has 3 heteroatoms. The third-order valence-corrected chi connectivity index (χ3v) is 6.53. The predicted octanol–water partition coefficient (Wildman–Crippen LogP) is 7.10. The molecule has 1 aromatic rings. The number of unbranched alkanes of at least 4 members (excludes halogenated alkanes) is 5. The lowest BCUT2D eigenvalue weighted by Gasteiger charge is -2.32. The number of hydrogen-bond acceptors (Lipinski definition) is 3. The minimum atomic E-state index is -0.140. The molecule has 2 aliphatic carbocycles. The highest BCUT2D eigenvalue weighted by atomic mass is 16.5. The maximum atomic E-state index is 10.7. The van der Waals surface area contributed by atoms with E-state index >= 15 is 0 Å². The standard InChI is InChI=1S/C23H33NO2.2C2H6/c1-2-3-4-5-6-7-10-19-20-14-17-9-8-11-23(26-13-12-24)21(17)15-18(20)16-22(19)25;2*1-2/h8-9,11,18-20,22,25H,2-7,10,13-16H2,1H3;2*1-2H3/t18-,19?,20-,22+;;/m0../s1. The van der Waals surface area contributed by atoms with Gasteiger partial charge >= 0.3 is 0 Å². The average molecular weight is 416 g/mol. The Morgan fingerprint density at radius 2 is 1.73 bits per heavy atom. The Bertz CT molecular complexity index is 622. The molecule has 3 nitrogen and oxygen atoms in total. The molecule has 3 rings (SSSR count). The quantitative estimate of drug-likeness (QED) is 0.437. The van der Waals surface area contributed by atoms with Crippen molar-refractivity contribution in [2.75, 3.05) is 6.61 Å². The molecule has 4 atom stereocenters. The van der Waals surface area contributed by atoms with Gasteiger partial charge in [-0.25, -0.2) is 0 Å². The van der Waals surface area contributed by atoms with E-state index in [9.17, 15) is 5.11 Å². The Morgan fingerprint density at radius 3 is 2.43 bits per heavy atom. The van der Waals surface area contributed by atoms with Gasteiger partial charge in [-0.05, 0) is 60.6 Å². The summed E-state index contributed by atoms with van der Waals surface area (Å²) in [6.07, 6.45) is 11.9. The molecular formula is C27H45NO2. The van der Waals surface area contributed by atoms with Gasteiger partial charge in [0.15, 0.2) is 6.61 Å². The summed E-state index contributed by atoms with van der Waals surface area (Å²) in [4.78, 5) is 0. The molecule has 0 aromatic heterocycles. The summed E-state index contributed by atoms with van der Waals surface area (Å²) in [7, 11) is 0. The first-order chi connectivity index (χ1) is 14.7. The fourth-order valence-electron chi connectivity index (χ4n) is 5.21. The molecule has 1 N–H and O–H groups in total. The van der Waals surface area contributed by atoms with E-state index in [0.717, 1.165) is 25.0 Å². The van der Waals surface area contributed by atoms with Crippen LogP contribution in [0.3, 0.4) is 0 Å². The van der Waals surface area contributed by atoms with Crippen LogP contribution in [-0.4, -0.2) is 17.8 Å². The van der Waals surface area contributed by atoms with Crippen LogP contribution in [0.1, 0.15) is 97.1 Å². The van der Waals surface area contributed by atoms with Crippen molar-refractivity contribution >= 4 is 0 Å². The second-order valence-electron chi connectivity index (χ2n) is 8.20. The number of benzene rings is 1. The number of nitrogens with zero attached hydrogens (tertiary/aromatic N) is 1. The lowest BCUT2D eigenvalue weighted by atomic mass is 9.73. The van der Waals surface area contributed by atoms with E-state index in [-0.39, 0.29) is 12.7 Å². The number of hydrogen-bond donors (Lipinski definition) is 1. The molecule has 170 valence electrons. The Balaban J connectivity index is 0.00000106. The van der Waals surface area contributed by atoms with Gasteiger partial charge in [-0.2, -0.15) is 5.26 Å². The topological polar surface area (TPSA) is 53.2 Å². The summed E-state index contributed by atoms with van der Waals surface area (Å²) in [5, 5.41) is 19.5. The summed E-state index contributed by atoms with van der Waals surface area (Å²) in [6.45, 7) is 10.4. The molecular weight excluding hydrogens is 370 g/mol. The predicted molar refractivity (Wildman–Crippen MR) is 127 cm³/mol. The zero-order chi connectivity index (χ0) is 22.4. The average Bonchev–Trinajstić information content (AvgIpc) is 3.10. The minimum Gasteiger partial charge on any atom is -0.478 e. The molecule has 0 spiro atoms. The molecule has 1 saturated carbocycles. The Hall–Kier alpha value is -1.53. The van der Waals surface area contributed by atoms with Gasteiger partial charge in [0, 0.05) is 0 Å². The van der Waals surface area contributed by atoms with Crippen molar-refractivity contribution in [3.8, 4) is 11.8 Å². The Morgan fingerprint density at radius 1 is 1.03 bits per heavy atom. The molecule has 30 heavy (non-hydrogen) atoms. The third kappa shape index (κ3) is 7.31. The van der Waals surface area contributed by atoms with Crippen molar-refractivity contribution in [1.29, 1.82) is 5.26 Å². The molecule has 0 amide bonds. The Kier molecular flexibility index (Phi) is 13.5. The van der Waals surface area contributed by atoms with Crippen LogP contribution in [0.25, 0.3) is 0 Å². The SMILES string of the molecule is CC.CC.CCCCCCCCC1[C@H](O)C[C@@H]2Cc3c(cccc3OCC#N)C[C@H]12. The molecule has 0 saturated heterocycles. The first-order valence-electron chi connectivity index (χ1n) is 12.5. The number of fused-ring (bicyclic) bond motifs is 2. The largest absolute Gasteiger partial charge is 0.478 e. The van der Waals surface area contributed by atoms with Crippen LogP contribution in [0.4, 0.5) is 0 Å². The molecule has 1 aromatic carbocycles. The van der Waals surface area contributed by atoms with Crippen molar-refractivity contribution in [3.63, 3.8) is 0 Å². The van der Waals surface area contributed by atoms with Crippen LogP contribution < -0.4 is 4.74 Å². The van der Waals surface area contributed by atoms with Gasteiger partial charge in [-0.15, -0.1) is 0 Å². The number of nitriles is 1. The maximum absolute atomic E-state index is 10.7. The fraction of sp³-hybridized carbons (Fsp3) is 0.741. The number of rotatable bonds is 9. The molecule has 0 aliphatic heterocycles. The van der Waals surface area contributed by atoms with E-state index in [1.165, 1.54) is 56.1 Å². The zero-order valence-electron chi connectivity index (χ0n) is 20.1. The van der Waals surface area contributed by atoms with Gasteiger partial charge in [0.25, 0.3) is 0 Å².